The summed E-state index contributed by atoms with van der Waals surface area (Å²) in [7, 11) is 1.61. The molecule has 0 bridgehead atoms. The Morgan fingerprint density at radius 3 is 2.40 bits per heavy atom. The first-order valence-electron chi connectivity index (χ1n) is 6.41. The first-order valence-corrected chi connectivity index (χ1v) is 6.41. The normalized spacial score (nSPS) is 12.0. The molecule has 0 amide bonds. The largest absolute Gasteiger partial charge is 0.497 e. The number of methoxy groups -OCH3 is 1. The summed E-state index contributed by atoms with van der Waals surface area (Å²) < 4.78 is 24.4. The van der Waals surface area contributed by atoms with Gasteiger partial charge in [-0.3, -0.25) is 0 Å². The molecule has 0 fully saturated rings. The molecule has 4 heteroatoms. The quantitative estimate of drug-likeness (QED) is 0.909. The molecule has 0 unspecified atom stereocenters. The Bertz CT molecular complexity index is 567. The average Bonchev–Trinajstić information content (AvgIpc) is 2.46. The zero-order valence-corrected chi connectivity index (χ0v) is 11.6. The molecule has 2 aromatic rings. The van der Waals surface area contributed by atoms with E-state index in [2.05, 4.69) is 0 Å². The van der Waals surface area contributed by atoms with Crippen molar-refractivity contribution < 1.29 is 13.9 Å². The highest BCUT2D eigenvalue weighted by atomic mass is 19.1. The molecular weight excluding hydrogens is 257 g/mol. The van der Waals surface area contributed by atoms with E-state index in [1.54, 1.807) is 19.2 Å². The standard InChI is InChI=1S/C16H18FNO2/c1-11(18)13-5-8-16(15(17)9-13)20-10-12-3-6-14(19-2)7-4-12/h3-9,11H,10,18H2,1-2H3/t11-/m1/s1. The number of ether oxygens (including phenoxy) is 2. The van der Waals surface area contributed by atoms with Crippen LogP contribution in [-0.4, -0.2) is 7.11 Å². The van der Waals surface area contributed by atoms with Crippen molar-refractivity contribution in [2.24, 2.45) is 5.73 Å². The molecule has 20 heavy (non-hydrogen) atoms. The van der Waals surface area contributed by atoms with Gasteiger partial charge < -0.3 is 15.2 Å². The third-order valence-corrected chi connectivity index (χ3v) is 3.04. The molecule has 2 rings (SSSR count). The highest BCUT2D eigenvalue weighted by Crippen LogP contribution is 2.22. The van der Waals surface area contributed by atoms with E-state index in [9.17, 15) is 4.39 Å². The van der Waals surface area contributed by atoms with Crippen LogP contribution in [0.15, 0.2) is 42.5 Å². The SMILES string of the molecule is COc1ccc(COc2ccc([C@@H](C)N)cc2F)cc1. The van der Waals surface area contributed by atoms with Crippen LogP contribution in [-0.2, 0) is 6.61 Å². The molecule has 0 spiro atoms. The topological polar surface area (TPSA) is 44.5 Å². The van der Waals surface area contributed by atoms with Gasteiger partial charge in [0.15, 0.2) is 11.6 Å². The lowest BCUT2D eigenvalue weighted by molar-refractivity contribution is 0.290. The predicted octanol–water partition coefficient (Wildman–Crippen LogP) is 3.43. The Hall–Kier alpha value is -2.07. The Labute approximate surface area is 118 Å². The number of nitrogens with two attached hydrogens (primary N) is 1. The van der Waals surface area contributed by atoms with Crippen molar-refractivity contribution in [1.29, 1.82) is 0 Å². The van der Waals surface area contributed by atoms with Gasteiger partial charge in [-0.1, -0.05) is 18.2 Å². The third-order valence-electron chi connectivity index (χ3n) is 3.04. The number of hydrogen-bond donors (Lipinski definition) is 1. The highest BCUT2D eigenvalue weighted by Gasteiger charge is 2.07. The minimum Gasteiger partial charge on any atom is -0.497 e. The van der Waals surface area contributed by atoms with E-state index in [0.717, 1.165) is 16.9 Å². The Kier molecular flexibility index (Phi) is 4.58. The monoisotopic (exact) mass is 275 g/mol. The van der Waals surface area contributed by atoms with Crippen molar-refractivity contribution in [3.8, 4) is 11.5 Å². The van der Waals surface area contributed by atoms with Gasteiger partial charge in [0, 0.05) is 6.04 Å². The summed E-state index contributed by atoms with van der Waals surface area (Å²) in [5, 5.41) is 0. The van der Waals surface area contributed by atoms with Gasteiger partial charge in [0.2, 0.25) is 0 Å². The van der Waals surface area contributed by atoms with Crippen molar-refractivity contribution in [2.45, 2.75) is 19.6 Å². The molecule has 106 valence electrons. The van der Waals surface area contributed by atoms with Crippen LogP contribution in [0.4, 0.5) is 4.39 Å². The van der Waals surface area contributed by atoms with E-state index < -0.39 is 5.82 Å². The van der Waals surface area contributed by atoms with Gasteiger partial charge in [0.1, 0.15) is 12.4 Å². The summed E-state index contributed by atoms with van der Waals surface area (Å²) in [6.07, 6.45) is 0. The lowest BCUT2D eigenvalue weighted by Crippen LogP contribution is -2.06. The fourth-order valence-corrected chi connectivity index (χ4v) is 1.80. The average molecular weight is 275 g/mol. The first-order chi connectivity index (χ1) is 9.60. The molecule has 0 aliphatic rings. The number of benzene rings is 2. The minimum atomic E-state index is -0.395. The highest BCUT2D eigenvalue weighted by molar-refractivity contribution is 5.31. The van der Waals surface area contributed by atoms with Crippen molar-refractivity contribution in [2.75, 3.05) is 7.11 Å². The van der Waals surface area contributed by atoms with Gasteiger partial charge in [-0.25, -0.2) is 4.39 Å². The molecule has 3 nitrogen and oxygen atoms in total. The van der Waals surface area contributed by atoms with Crippen LogP contribution in [0, 0.1) is 5.82 Å². The van der Waals surface area contributed by atoms with E-state index in [1.165, 1.54) is 6.07 Å². The molecule has 2 N–H and O–H groups in total. The second kappa shape index (κ2) is 6.39. The number of halogens is 1. The molecule has 0 heterocycles. The second-order valence-electron chi connectivity index (χ2n) is 4.62. The van der Waals surface area contributed by atoms with Gasteiger partial charge >= 0.3 is 0 Å². The van der Waals surface area contributed by atoms with E-state index >= 15 is 0 Å². The zero-order chi connectivity index (χ0) is 14.5. The molecule has 0 radical (unpaired) electrons. The van der Waals surface area contributed by atoms with Gasteiger partial charge in [-0.15, -0.1) is 0 Å². The summed E-state index contributed by atoms with van der Waals surface area (Å²) in [5.41, 5.74) is 7.40. The molecular formula is C16H18FNO2. The number of rotatable bonds is 5. The van der Waals surface area contributed by atoms with Crippen LogP contribution in [0.3, 0.4) is 0 Å². The molecule has 0 aliphatic heterocycles. The maximum Gasteiger partial charge on any atom is 0.165 e. The zero-order valence-electron chi connectivity index (χ0n) is 11.6. The van der Waals surface area contributed by atoms with Gasteiger partial charge in [0.05, 0.1) is 7.11 Å². The first kappa shape index (κ1) is 14.3. The van der Waals surface area contributed by atoms with Crippen molar-refractivity contribution in [3.63, 3.8) is 0 Å². The molecule has 0 saturated carbocycles. The summed E-state index contributed by atoms with van der Waals surface area (Å²) in [4.78, 5) is 0. The summed E-state index contributed by atoms with van der Waals surface area (Å²) >= 11 is 0. The fourth-order valence-electron chi connectivity index (χ4n) is 1.80. The van der Waals surface area contributed by atoms with Crippen molar-refractivity contribution >= 4 is 0 Å². The van der Waals surface area contributed by atoms with Crippen LogP contribution >= 0.6 is 0 Å². The van der Waals surface area contributed by atoms with Gasteiger partial charge in [-0.2, -0.15) is 0 Å². The summed E-state index contributed by atoms with van der Waals surface area (Å²) in [6.45, 7) is 2.12. The lowest BCUT2D eigenvalue weighted by Gasteiger charge is -2.10. The van der Waals surface area contributed by atoms with E-state index in [-0.39, 0.29) is 11.8 Å². The van der Waals surface area contributed by atoms with Crippen LogP contribution < -0.4 is 15.2 Å². The van der Waals surface area contributed by atoms with E-state index in [0.29, 0.717) is 6.61 Å². The van der Waals surface area contributed by atoms with Gasteiger partial charge in [-0.05, 0) is 42.3 Å². The van der Waals surface area contributed by atoms with E-state index in [4.69, 9.17) is 15.2 Å². The maximum absolute atomic E-state index is 13.8. The molecule has 2 aromatic carbocycles. The van der Waals surface area contributed by atoms with Gasteiger partial charge in [0.25, 0.3) is 0 Å². The fraction of sp³-hybridized carbons (Fsp3) is 0.250. The molecule has 1 atom stereocenters. The Morgan fingerprint density at radius 2 is 1.85 bits per heavy atom. The molecule has 0 aliphatic carbocycles. The Balaban J connectivity index is 2.03. The lowest BCUT2D eigenvalue weighted by atomic mass is 10.1. The smallest absolute Gasteiger partial charge is 0.165 e. The summed E-state index contributed by atoms with van der Waals surface area (Å²) in [5.74, 6) is 0.611. The van der Waals surface area contributed by atoms with Crippen LogP contribution in [0.2, 0.25) is 0 Å². The van der Waals surface area contributed by atoms with Crippen LogP contribution in [0.1, 0.15) is 24.1 Å². The summed E-state index contributed by atoms with van der Waals surface area (Å²) in [6, 6.07) is 12.0. The van der Waals surface area contributed by atoms with Crippen molar-refractivity contribution in [3.05, 3.63) is 59.4 Å². The number of hydrogen-bond acceptors (Lipinski definition) is 3. The van der Waals surface area contributed by atoms with E-state index in [1.807, 2.05) is 31.2 Å². The van der Waals surface area contributed by atoms with Crippen LogP contribution in [0.25, 0.3) is 0 Å². The maximum atomic E-state index is 13.8. The third kappa shape index (κ3) is 3.48. The Morgan fingerprint density at radius 1 is 1.15 bits per heavy atom. The molecule has 0 saturated heterocycles. The van der Waals surface area contributed by atoms with Crippen molar-refractivity contribution in [1.82, 2.24) is 0 Å². The predicted molar refractivity (Wildman–Crippen MR) is 76.3 cm³/mol. The second-order valence-corrected chi connectivity index (χ2v) is 4.62. The molecule has 0 aromatic heterocycles. The minimum absolute atomic E-state index is 0.194. The van der Waals surface area contributed by atoms with Crippen LogP contribution in [0.5, 0.6) is 11.5 Å².